The van der Waals surface area contributed by atoms with Crippen molar-refractivity contribution in [1.82, 2.24) is 4.98 Å². The summed E-state index contributed by atoms with van der Waals surface area (Å²) in [6.45, 7) is 0.593. The average Bonchev–Trinajstić information content (AvgIpc) is 2.37. The number of hydrogen-bond donors (Lipinski definition) is 1. The molecule has 1 heterocycles. The molecule has 90 valence electrons. The molecule has 0 aliphatic carbocycles. The quantitative estimate of drug-likeness (QED) is 0.867. The number of nitrogens with zero attached hydrogens (tertiary/aromatic N) is 2. The number of benzene rings is 1. The largest absolute Gasteiger partial charge is 0.366 e. The number of aromatic nitrogens is 1. The zero-order valence-corrected chi connectivity index (χ0v) is 10.8. The van der Waals surface area contributed by atoms with Crippen molar-refractivity contribution >= 4 is 29.0 Å². The third kappa shape index (κ3) is 3.36. The first-order chi connectivity index (χ1) is 8.67. The topological polar surface area (TPSA) is 48.7 Å². The molecule has 1 N–H and O–H groups in total. The van der Waals surface area contributed by atoms with Crippen molar-refractivity contribution in [3.63, 3.8) is 0 Å². The number of hydrogen-bond acceptors (Lipinski definition) is 3. The standard InChI is InChI=1S/C13H9Cl2N3/c14-11-3-1-9(2-4-11)8-17-13-6-10(7-16)5-12(15)18-13/h1-6H,8H2,(H,17,18). The van der Waals surface area contributed by atoms with Gasteiger partial charge in [0.15, 0.2) is 0 Å². The number of rotatable bonds is 3. The van der Waals surface area contributed by atoms with Gasteiger partial charge in [-0.25, -0.2) is 4.98 Å². The Kier molecular flexibility index (Phi) is 4.03. The molecule has 0 aliphatic heterocycles. The number of nitriles is 1. The van der Waals surface area contributed by atoms with Crippen molar-refractivity contribution in [2.45, 2.75) is 6.54 Å². The maximum Gasteiger partial charge on any atom is 0.132 e. The van der Waals surface area contributed by atoms with E-state index in [-0.39, 0.29) is 0 Å². The van der Waals surface area contributed by atoms with Gasteiger partial charge >= 0.3 is 0 Å². The smallest absolute Gasteiger partial charge is 0.132 e. The number of halogens is 2. The first-order valence-electron chi connectivity index (χ1n) is 5.23. The zero-order chi connectivity index (χ0) is 13.0. The predicted molar refractivity (Wildman–Crippen MR) is 72.7 cm³/mol. The highest BCUT2D eigenvalue weighted by Crippen LogP contribution is 2.15. The normalized spacial score (nSPS) is 9.83. The summed E-state index contributed by atoms with van der Waals surface area (Å²) < 4.78 is 0. The Bertz CT molecular complexity index is 588. The molecular formula is C13H9Cl2N3. The van der Waals surface area contributed by atoms with Crippen LogP contribution in [-0.2, 0) is 6.54 Å². The van der Waals surface area contributed by atoms with Gasteiger partial charge in [0.25, 0.3) is 0 Å². The highest BCUT2D eigenvalue weighted by molar-refractivity contribution is 6.30. The Morgan fingerprint density at radius 2 is 1.89 bits per heavy atom. The summed E-state index contributed by atoms with van der Waals surface area (Å²) in [5, 5.41) is 12.9. The Hall–Kier alpha value is -1.76. The molecule has 0 saturated heterocycles. The lowest BCUT2D eigenvalue weighted by molar-refractivity contribution is 1.11. The van der Waals surface area contributed by atoms with Crippen LogP contribution in [0.4, 0.5) is 5.82 Å². The van der Waals surface area contributed by atoms with Gasteiger partial charge in [-0.3, -0.25) is 0 Å². The predicted octanol–water partition coefficient (Wildman–Crippen LogP) is 3.87. The van der Waals surface area contributed by atoms with Gasteiger partial charge in [0.1, 0.15) is 11.0 Å². The lowest BCUT2D eigenvalue weighted by atomic mass is 10.2. The SMILES string of the molecule is N#Cc1cc(Cl)nc(NCc2ccc(Cl)cc2)c1. The third-order valence-corrected chi connectivity index (χ3v) is 2.76. The van der Waals surface area contributed by atoms with Gasteiger partial charge in [0, 0.05) is 11.6 Å². The number of nitrogens with one attached hydrogen (secondary N) is 1. The lowest BCUT2D eigenvalue weighted by Gasteiger charge is -2.06. The third-order valence-electron chi connectivity index (χ3n) is 2.31. The summed E-state index contributed by atoms with van der Waals surface area (Å²) in [6, 6.07) is 12.7. The second kappa shape index (κ2) is 5.72. The van der Waals surface area contributed by atoms with E-state index in [0.717, 1.165) is 5.56 Å². The molecule has 5 heteroatoms. The minimum absolute atomic E-state index is 0.299. The van der Waals surface area contributed by atoms with Gasteiger partial charge in [0.05, 0.1) is 11.6 Å². The molecule has 0 fully saturated rings. The van der Waals surface area contributed by atoms with Crippen LogP contribution in [0, 0.1) is 11.3 Å². The van der Waals surface area contributed by atoms with Gasteiger partial charge in [-0.1, -0.05) is 35.3 Å². The van der Waals surface area contributed by atoms with E-state index in [4.69, 9.17) is 28.5 Å². The summed E-state index contributed by atoms with van der Waals surface area (Å²) in [5.74, 6) is 0.578. The summed E-state index contributed by atoms with van der Waals surface area (Å²) in [6.07, 6.45) is 0. The fraction of sp³-hybridized carbons (Fsp3) is 0.0769. The summed E-state index contributed by atoms with van der Waals surface area (Å²) in [5.41, 5.74) is 1.55. The summed E-state index contributed by atoms with van der Waals surface area (Å²) in [7, 11) is 0. The minimum atomic E-state index is 0.299. The van der Waals surface area contributed by atoms with Crippen LogP contribution in [0.1, 0.15) is 11.1 Å². The van der Waals surface area contributed by atoms with Crippen LogP contribution in [0.15, 0.2) is 36.4 Å². The molecule has 0 spiro atoms. The highest BCUT2D eigenvalue weighted by Gasteiger charge is 2.01. The van der Waals surface area contributed by atoms with Crippen molar-refractivity contribution in [2.24, 2.45) is 0 Å². The van der Waals surface area contributed by atoms with Crippen molar-refractivity contribution in [3.05, 3.63) is 57.7 Å². The minimum Gasteiger partial charge on any atom is -0.366 e. The van der Waals surface area contributed by atoms with E-state index in [1.165, 1.54) is 6.07 Å². The molecule has 1 aromatic carbocycles. The molecule has 0 atom stereocenters. The van der Waals surface area contributed by atoms with Crippen LogP contribution in [0.5, 0.6) is 0 Å². The lowest BCUT2D eigenvalue weighted by Crippen LogP contribution is -2.01. The molecule has 0 radical (unpaired) electrons. The highest BCUT2D eigenvalue weighted by atomic mass is 35.5. The number of pyridine rings is 1. The second-order valence-corrected chi connectivity index (χ2v) is 4.48. The molecule has 2 rings (SSSR count). The van der Waals surface area contributed by atoms with Crippen molar-refractivity contribution < 1.29 is 0 Å². The van der Waals surface area contributed by atoms with Gasteiger partial charge < -0.3 is 5.32 Å². The van der Waals surface area contributed by atoms with E-state index in [9.17, 15) is 0 Å². The van der Waals surface area contributed by atoms with E-state index in [1.54, 1.807) is 6.07 Å². The molecule has 1 aromatic heterocycles. The Labute approximate surface area is 115 Å². The van der Waals surface area contributed by atoms with E-state index in [1.807, 2.05) is 30.3 Å². The molecule has 3 nitrogen and oxygen atoms in total. The van der Waals surface area contributed by atoms with E-state index < -0.39 is 0 Å². The molecule has 0 amide bonds. The summed E-state index contributed by atoms with van der Waals surface area (Å²) >= 11 is 11.6. The Balaban J connectivity index is 2.08. The van der Waals surface area contributed by atoms with Crippen LogP contribution in [0.3, 0.4) is 0 Å². The van der Waals surface area contributed by atoms with Gasteiger partial charge in [-0.2, -0.15) is 5.26 Å². The van der Waals surface area contributed by atoms with E-state index >= 15 is 0 Å². The first-order valence-corrected chi connectivity index (χ1v) is 5.99. The van der Waals surface area contributed by atoms with E-state index in [2.05, 4.69) is 10.3 Å². The molecule has 18 heavy (non-hydrogen) atoms. The average molecular weight is 278 g/mol. The Morgan fingerprint density at radius 3 is 2.56 bits per heavy atom. The van der Waals surface area contributed by atoms with Gasteiger partial charge in [-0.05, 0) is 29.8 Å². The summed E-state index contributed by atoms with van der Waals surface area (Å²) in [4.78, 5) is 4.09. The molecule has 0 bridgehead atoms. The number of anilines is 1. The van der Waals surface area contributed by atoms with Gasteiger partial charge in [-0.15, -0.1) is 0 Å². The maximum absolute atomic E-state index is 8.82. The fourth-order valence-electron chi connectivity index (χ4n) is 1.45. The van der Waals surface area contributed by atoms with Crippen LogP contribution in [0.2, 0.25) is 10.2 Å². The molecule has 2 aromatic rings. The fourth-order valence-corrected chi connectivity index (χ4v) is 1.78. The van der Waals surface area contributed by atoms with E-state index in [0.29, 0.717) is 28.1 Å². The molecule has 0 saturated carbocycles. The maximum atomic E-state index is 8.82. The molecular weight excluding hydrogens is 269 g/mol. The van der Waals surface area contributed by atoms with Crippen molar-refractivity contribution in [1.29, 1.82) is 5.26 Å². The van der Waals surface area contributed by atoms with Crippen LogP contribution >= 0.6 is 23.2 Å². The van der Waals surface area contributed by atoms with Gasteiger partial charge in [0.2, 0.25) is 0 Å². The van der Waals surface area contributed by atoms with Crippen LogP contribution in [0.25, 0.3) is 0 Å². The van der Waals surface area contributed by atoms with Crippen LogP contribution < -0.4 is 5.32 Å². The van der Waals surface area contributed by atoms with Crippen LogP contribution in [-0.4, -0.2) is 4.98 Å². The van der Waals surface area contributed by atoms with Crippen molar-refractivity contribution in [2.75, 3.05) is 5.32 Å². The van der Waals surface area contributed by atoms with Crippen molar-refractivity contribution in [3.8, 4) is 6.07 Å². The monoisotopic (exact) mass is 277 g/mol. The zero-order valence-electron chi connectivity index (χ0n) is 9.32. The second-order valence-electron chi connectivity index (χ2n) is 3.66. The molecule has 0 unspecified atom stereocenters. The molecule has 0 aliphatic rings. The first kappa shape index (κ1) is 12.7. The Morgan fingerprint density at radius 1 is 1.17 bits per heavy atom.